The lowest BCUT2D eigenvalue weighted by Crippen LogP contribution is -2.23. The van der Waals surface area contributed by atoms with Gasteiger partial charge in [0.1, 0.15) is 15.8 Å². The summed E-state index contributed by atoms with van der Waals surface area (Å²) < 4.78 is 48.3. The predicted molar refractivity (Wildman–Crippen MR) is 74.9 cm³/mol. The topological polar surface area (TPSA) is 63.2 Å². The van der Waals surface area contributed by atoms with Gasteiger partial charge in [-0.05, 0) is 24.3 Å². The number of amides is 1. The Morgan fingerprint density at radius 1 is 1.24 bits per heavy atom. The van der Waals surface area contributed by atoms with Crippen LogP contribution in [0.5, 0.6) is 0 Å². The van der Waals surface area contributed by atoms with Crippen molar-refractivity contribution in [3.63, 3.8) is 0 Å². The van der Waals surface area contributed by atoms with Gasteiger partial charge in [0, 0.05) is 21.6 Å². The van der Waals surface area contributed by atoms with Gasteiger partial charge in [0.05, 0.1) is 12.1 Å². The van der Waals surface area contributed by atoms with Crippen LogP contribution in [0.3, 0.4) is 0 Å². The largest absolute Gasteiger partial charge is 0.347 e. The molecule has 1 N–H and O–H groups in total. The highest BCUT2D eigenvalue weighted by Crippen LogP contribution is 2.24. The van der Waals surface area contributed by atoms with Gasteiger partial charge in [0.25, 0.3) is 15.0 Å². The lowest BCUT2D eigenvalue weighted by Gasteiger charge is -2.04. The molecule has 4 nitrogen and oxygen atoms in total. The van der Waals surface area contributed by atoms with E-state index in [1.165, 1.54) is 12.1 Å². The highest BCUT2D eigenvalue weighted by molar-refractivity contribution is 8.15. The number of thiophene rings is 1. The average Bonchev–Trinajstić information content (AvgIpc) is 2.84. The summed E-state index contributed by atoms with van der Waals surface area (Å²) in [5, 5.41) is 2.41. The standard InChI is InChI=1S/C12H8ClF2NO3S2/c13-21(18,19)11-4-2-8(20-11)6-16-12(17)9-3-1-7(14)5-10(9)15/h1-5H,6H2,(H,16,17). The molecule has 0 saturated heterocycles. The number of nitrogens with one attached hydrogen (secondary N) is 1. The zero-order chi connectivity index (χ0) is 15.6. The second-order valence-electron chi connectivity index (χ2n) is 3.97. The Bertz CT molecular complexity index is 790. The number of rotatable bonds is 4. The summed E-state index contributed by atoms with van der Waals surface area (Å²) in [5.74, 6) is -2.47. The van der Waals surface area contributed by atoms with Crippen LogP contribution >= 0.6 is 22.0 Å². The fourth-order valence-electron chi connectivity index (χ4n) is 1.52. The summed E-state index contributed by atoms with van der Waals surface area (Å²) in [6.07, 6.45) is 0. The van der Waals surface area contributed by atoms with Gasteiger partial charge < -0.3 is 5.32 Å². The molecule has 9 heteroatoms. The van der Waals surface area contributed by atoms with Crippen LogP contribution in [0.25, 0.3) is 0 Å². The number of hydrogen-bond donors (Lipinski definition) is 1. The van der Waals surface area contributed by atoms with Crippen molar-refractivity contribution in [3.05, 3.63) is 52.4 Å². The van der Waals surface area contributed by atoms with E-state index in [-0.39, 0.29) is 16.3 Å². The minimum atomic E-state index is -3.81. The van der Waals surface area contributed by atoms with E-state index in [9.17, 15) is 22.0 Å². The molecule has 0 bridgehead atoms. The van der Waals surface area contributed by atoms with E-state index >= 15 is 0 Å². The van der Waals surface area contributed by atoms with Gasteiger partial charge in [0.2, 0.25) is 0 Å². The number of hydrogen-bond acceptors (Lipinski definition) is 4. The molecule has 1 heterocycles. The van der Waals surface area contributed by atoms with Crippen LogP contribution in [-0.4, -0.2) is 14.3 Å². The van der Waals surface area contributed by atoms with E-state index in [1.807, 2.05) is 0 Å². The van der Waals surface area contributed by atoms with Gasteiger partial charge in [-0.25, -0.2) is 17.2 Å². The zero-order valence-corrected chi connectivity index (χ0v) is 12.7. The maximum atomic E-state index is 13.4. The summed E-state index contributed by atoms with van der Waals surface area (Å²) in [6.45, 7) is 0.00667. The zero-order valence-electron chi connectivity index (χ0n) is 10.3. The lowest BCUT2D eigenvalue weighted by molar-refractivity contribution is 0.0947. The van der Waals surface area contributed by atoms with Crippen LogP contribution in [0.15, 0.2) is 34.5 Å². The maximum Gasteiger partial charge on any atom is 0.270 e. The van der Waals surface area contributed by atoms with Gasteiger partial charge in [-0.15, -0.1) is 11.3 Å². The van der Waals surface area contributed by atoms with E-state index < -0.39 is 26.6 Å². The molecule has 1 aromatic carbocycles. The maximum absolute atomic E-state index is 13.4. The van der Waals surface area contributed by atoms with Gasteiger partial charge in [-0.3, -0.25) is 4.79 Å². The number of halogens is 3. The molecule has 0 fully saturated rings. The Morgan fingerprint density at radius 2 is 1.95 bits per heavy atom. The van der Waals surface area contributed by atoms with E-state index in [4.69, 9.17) is 10.7 Å². The molecule has 21 heavy (non-hydrogen) atoms. The van der Waals surface area contributed by atoms with Crippen LogP contribution < -0.4 is 5.32 Å². The van der Waals surface area contributed by atoms with E-state index in [0.29, 0.717) is 10.9 Å². The molecule has 0 aliphatic rings. The van der Waals surface area contributed by atoms with Crippen LogP contribution in [-0.2, 0) is 15.6 Å². The highest BCUT2D eigenvalue weighted by atomic mass is 35.7. The molecule has 0 aliphatic carbocycles. The first-order chi connectivity index (χ1) is 9.77. The third kappa shape index (κ3) is 3.99. The number of benzene rings is 1. The summed E-state index contributed by atoms with van der Waals surface area (Å²) in [4.78, 5) is 12.3. The first-order valence-electron chi connectivity index (χ1n) is 5.54. The third-order valence-corrected chi connectivity index (χ3v) is 5.65. The van der Waals surface area contributed by atoms with Crippen LogP contribution in [0.1, 0.15) is 15.2 Å². The molecule has 2 aromatic rings. The molecule has 112 valence electrons. The van der Waals surface area contributed by atoms with Gasteiger partial charge in [-0.1, -0.05) is 0 Å². The predicted octanol–water partition coefficient (Wildman–Crippen LogP) is 2.88. The second-order valence-corrected chi connectivity index (χ2v) is 7.93. The molecule has 0 unspecified atom stereocenters. The van der Waals surface area contributed by atoms with Crippen LogP contribution in [0.4, 0.5) is 8.78 Å². The summed E-state index contributed by atoms with van der Waals surface area (Å²) in [6, 6.07) is 5.41. The van der Waals surface area contributed by atoms with E-state index in [0.717, 1.165) is 23.5 Å². The van der Waals surface area contributed by atoms with Gasteiger partial charge in [0.15, 0.2) is 0 Å². The lowest BCUT2D eigenvalue weighted by atomic mass is 10.2. The Hall–Kier alpha value is -1.51. The average molecular weight is 352 g/mol. The Kier molecular flexibility index (Phi) is 4.60. The van der Waals surface area contributed by atoms with Crippen molar-refractivity contribution in [2.24, 2.45) is 0 Å². The Labute approximate surface area is 127 Å². The monoisotopic (exact) mass is 351 g/mol. The number of carbonyl (C=O) groups excluding carboxylic acids is 1. The summed E-state index contributed by atoms with van der Waals surface area (Å²) in [5.41, 5.74) is -0.293. The first-order valence-corrected chi connectivity index (χ1v) is 8.66. The minimum absolute atomic E-state index is 0.00667. The van der Waals surface area contributed by atoms with Crippen molar-refractivity contribution >= 4 is 37.0 Å². The van der Waals surface area contributed by atoms with Crippen molar-refractivity contribution in [3.8, 4) is 0 Å². The summed E-state index contributed by atoms with van der Waals surface area (Å²) >= 11 is 0.895. The van der Waals surface area contributed by atoms with Gasteiger partial charge >= 0.3 is 0 Å². The van der Waals surface area contributed by atoms with Crippen molar-refractivity contribution in [1.29, 1.82) is 0 Å². The molecule has 0 atom stereocenters. The van der Waals surface area contributed by atoms with Crippen molar-refractivity contribution in [2.75, 3.05) is 0 Å². The van der Waals surface area contributed by atoms with Crippen LogP contribution in [0.2, 0.25) is 0 Å². The molecule has 1 aromatic heterocycles. The molecule has 1 amide bonds. The van der Waals surface area contributed by atoms with E-state index in [2.05, 4.69) is 5.32 Å². The third-order valence-electron chi connectivity index (χ3n) is 2.48. The Balaban J connectivity index is 2.06. The molecule has 0 radical (unpaired) electrons. The van der Waals surface area contributed by atoms with Crippen molar-refractivity contribution < 1.29 is 22.0 Å². The minimum Gasteiger partial charge on any atom is -0.347 e. The highest BCUT2D eigenvalue weighted by Gasteiger charge is 2.15. The molecular weight excluding hydrogens is 344 g/mol. The summed E-state index contributed by atoms with van der Waals surface area (Å²) in [7, 11) is 1.37. The normalized spacial score (nSPS) is 11.4. The second kappa shape index (κ2) is 6.08. The molecule has 0 spiro atoms. The molecule has 0 aliphatic heterocycles. The number of carbonyl (C=O) groups is 1. The van der Waals surface area contributed by atoms with E-state index in [1.54, 1.807) is 0 Å². The van der Waals surface area contributed by atoms with Gasteiger partial charge in [-0.2, -0.15) is 0 Å². The Morgan fingerprint density at radius 3 is 2.52 bits per heavy atom. The first kappa shape index (κ1) is 15.9. The SMILES string of the molecule is O=C(NCc1ccc(S(=O)(=O)Cl)s1)c1ccc(F)cc1F. The van der Waals surface area contributed by atoms with Crippen molar-refractivity contribution in [2.45, 2.75) is 10.8 Å². The van der Waals surface area contributed by atoms with Crippen LogP contribution in [0, 0.1) is 11.6 Å². The van der Waals surface area contributed by atoms with Crippen molar-refractivity contribution in [1.82, 2.24) is 5.32 Å². The fraction of sp³-hybridized carbons (Fsp3) is 0.0833. The fourth-order valence-corrected chi connectivity index (χ4v) is 3.58. The molecular formula is C12H8ClF2NO3S2. The molecule has 2 rings (SSSR count). The quantitative estimate of drug-likeness (QED) is 0.861. The molecule has 0 saturated carbocycles. The smallest absolute Gasteiger partial charge is 0.270 e.